The maximum Gasteiger partial charge on any atom is 0.228 e. The monoisotopic (exact) mass is 259 g/mol. The van der Waals surface area contributed by atoms with Crippen molar-refractivity contribution >= 4 is 11.6 Å². The number of halogens is 1. The molecule has 3 nitrogen and oxygen atoms in total. The van der Waals surface area contributed by atoms with E-state index >= 15 is 0 Å². The Balaban J connectivity index is 1.99. The maximum absolute atomic E-state index is 12.7. The molecule has 0 aromatic heterocycles. The van der Waals surface area contributed by atoms with Crippen LogP contribution in [0.5, 0.6) is 0 Å². The van der Waals surface area contributed by atoms with Gasteiger partial charge in [0.1, 0.15) is 5.82 Å². The van der Waals surface area contributed by atoms with E-state index in [9.17, 15) is 9.18 Å². The van der Waals surface area contributed by atoms with Gasteiger partial charge in [-0.25, -0.2) is 4.39 Å². The van der Waals surface area contributed by atoms with Gasteiger partial charge in [0.2, 0.25) is 5.91 Å². The zero-order valence-corrected chi connectivity index (χ0v) is 10.3. The van der Waals surface area contributed by atoms with Crippen LogP contribution in [0.4, 0.5) is 10.1 Å². The molecule has 0 atom stereocenters. The summed E-state index contributed by atoms with van der Waals surface area (Å²) in [4.78, 5) is 11.8. The number of hydrogen-bond donors (Lipinski definition) is 2. The van der Waals surface area contributed by atoms with E-state index < -0.39 is 0 Å². The molecule has 19 heavy (non-hydrogen) atoms. The van der Waals surface area contributed by atoms with Crippen LogP contribution >= 0.6 is 0 Å². The number of rotatable bonds is 4. The number of benzene rings is 2. The number of amides is 1. The van der Waals surface area contributed by atoms with Crippen molar-refractivity contribution in [1.29, 1.82) is 0 Å². The predicted molar refractivity (Wildman–Crippen MR) is 71.1 cm³/mol. The third-order valence-corrected chi connectivity index (χ3v) is 2.67. The lowest BCUT2D eigenvalue weighted by Crippen LogP contribution is -2.14. The molecule has 0 heterocycles. The summed E-state index contributed by atoms with van der Waals surface area (Å²) in [5.41, 5.74) is 2.12. The first kappa shape index (κ1) is 13.2. The molecule has 2 aromatic carbocycles. The van der Waals surface area contributed by atoms with Gasteiger partial charge in [-0.05, 0) is 35.4 Å². The van der Waals surface area contributed by atoms with Crippen LogP contribution in [0.1, 0.15) is 11.1 Å². The van der Waals surface area contributed by atoms with Gasteiger partial charge in [-0.3, -0.25) is 4.79 Å². The third kappa shape index (κ3) is 3.89. The maximum atomic E-state index is 12.7. The van der Waals surface area contributed by atoms with Gasteiger partial charge in [0, 0.05) is 5.69 Å². The van der Waals surface area contributed by atoms with Crippen molar-refractivity contribution in [1.82, 2.24) is 0 Å². The standard InChI is InChI=1S/C15H14FNO2/c16-13-6-4-11(5-7-13)9-15(19)17-14-3-1-2-12(8-14)10-18/h1-8,18H,9-10H2,(H,17,19). The number of nitrogens with one attached hydrogen (secondary N) is 1. The molecule has 0 aliphatic carbocycles. The Labute approximate surface area is 110 Å². The highest BCUT2D eigenvalue weighted by Gasteiger charge is 2.04. The highest BCUT2D eigenvalue weighted by atomic mass is 19.1. The summed E-state index contributed by atoms with van der Waals surface area (Å²) in [7, 11) is 0. The topological polar surface area (TPSA) is 49.3 Å². The van der Waals surface area contributed by atoms with Gasteiger partial charge < -0.3 is 10.4 Å². The number of anilines is 1. The van der Waals surface area contributed by atoms with Gasteiger partial charge in [0.25, 0.3) is 0 Å². The van der Waals surface area contributed by atoms with Crippen molar-refractivity contribution in [3.63, 3.8) is 0 Å². The Morgan fingerprint density at radius 1 is 1.11 bits per heavy atom. The molecule has 0 saturated heterocycles. The van der Waals surface area contributed by atoms with Crippen molar-refractivity contribution in [3.05, 3.63) is 65.5 Å². The van der Waals surface area contributed by atoms with Crippen LogP contribution in [-0.2, 0) is 17.8 Å². The lowest BCUT2D eigenvalue weighted by molar-refractivity contribution is -0.115. The van der Waals surface area contributed by atoms with E-state index in [1.54, 1.807) is 36.4 Å². The van der Waals surface area contributed by atoms with Crippen LogP contribution in [0.2, 0.25) is 0 Å². The Hall–Kier alpha value is -2.20. The highest BCUT2D eigenvalue weighted by molar-refractivity contribution is 5.92. The minimum atomic E-state index is -0.320. The molecule has 2 aromatic rings. The number of carbonyl (C=O) groups is 1. The molecule has 0 aliphatic heterocycles. The lowest BCUT2D eigenvalue weighted by atomic mass is 10.1. The van der Waals surface area contributed by atoms with Crippen molar-refractivity contribution in [2.45, 2.75) is 13.0 Å². The van der Waals surface area contributed by atoms with Crippen LogP contribution in [0.25, 0.3) is 0 Å². The molecule has 0 spiro atoms. The van der Waals surface area contributed by atoms with E-state index in [4.69, 9.17) is 5.11 Å². The van der Waals surface area contributed by atoms with Gasteiger partial charge >= 0.3 is 0 Å². The fourth-order valence-electron chi connectivity index (χ4n) is 1.74. The molecule has 0 radical (unpaired) electrons. The van der Waals surface area contributed by atoms with Crippen LogP contribution in [-0.4, -0.2) is 11.0 Å². The second kappa shape index (κ2) is 6.11. The summed E-state index contributed by atoms with van der Waals surface area (Å²) < 4.78 is 12.7. The molecule has 0 aliphatic rings. The van der Waals surface area contributed by atoms with Gasteiger partial charge in [0.15, 0.2) is 0 Å². The summed E-state index contributed by atoms with van der Waals surface area (Å²) in [5, 5.41) is 11.7. The summed E-state index contributed by atoms with van der Waals surface area (Å²) in [6.45, 7) is -0.0678. The quantitative estimate of drug-likeness (QED) is 0.886. The average molecular weight is 259 g/mol. The van der Waals surface area contributed by atoms with Crippen molar-refractivity contribution < 1.29 is 14.3 Å². The smallest absolute Gasteiger partial charge is 0.228 e. The number of carbonyl (C=O) groups excluding carboxylic acids is 1. The zero-order chi connectivity index (χ0) is 13.7. The SMILES string of the molecule is O=C(Cc1ccc(F)cc1)Nc1cccc(CO)c1. The molecule has 0 bridgehead atoms. The number of aliphatic hydroxyl groups is 1. The van der Waals surface area contributed by atoms with E-state index in [0.717, 1.165) is 11.1 Å². The van der Waals surface area contributed by atoms with E-state index in [1.807, 2.05) is 0 Å². The Bertz CT molecular complexity index is 567. The minimum Gasteiger partial charge on any atom is -0.392 e. The lowest BCUT2D eigenvalue weighted by Gasteiger charge is -2.06. The Morgan fingerprint density at radius 2 is 1.84 bits per heavy atom. The highest BCUT2D eigenvalue weighted by Crippen LogP contribution is 2.11. The van der Waals surface area contributed by atoms with E-state index in [2.05, 4.69) is 5.32 Å². The summed E-state index contributed by atoms with van der Waals surface area (Å²) in [5.74, 6) is -0.499. The van der Waals surface area contributed by atoms with Gasteiger partial charge in [-0.1, -0.05) is 24.3 Å². The molecule has 4 heteroatoms. The Morgan fingerprint density at radius 3 is 2.53 bits per heavy atom. The van der Waals surface area contributed by atoms with Crippen molar-refractivity contribution in [2.24, 2.45) is 0 Å². The Kier molecular flexibility index (Phi) is 4.26. The molecule has 1 amide bonds. The average Bonchev–Trinajstić information content (AvgIpc) is 2.41. The van der Waals surface area contributed by atoms with Gasteiger partial charge in [0.05, 0.1) is 13.0 Å². The first-order valence-corrected chi connectivity index (χ1v) is 5.91. The fourth-order valence-corrected chi connectivity index (χ4v) is 1.74. The molecule has 0 unspecified atom stereocenters. The molecule has 98 valence electrons. The van der Waals surface area contributed by atoms with Crippen LogP contribution in [0.15, 0.2) is 48.5 Å². The normalized spacial score (nSPS) is 10.2. The second-order valence-corrected chi connectivity index (χ2v) is 4.21. The fraction of sp³-hybridized carbons (Fsp3) is 0.133. The van der Waals surface area contributed by atoms with Crippen LogP contribution in [0.3, 0.4) is 0 Å². The van der Waals surface area contributed by atoms with Gasteiger partial charge in [-0.2, -0.15) is 0 Å². The van der Waals surface area contributed by atoms with E-state index in [0.29, 0.717) is 5.69 Å². The minimum absolute atomic E-state index is 0.0678. The molecular formula is C15H14FNO2. The third-order valence-electron chi connectivity index (χ3n) is 2.67. The second-order valence-electron chi connectivity index (χ2n) is 4.21. The summed E-state index contributed by atoms with van der Waals surface area (Å²) in [6.07, 6.45) is 0.184. The molecule has 0 fully saturated rings. The predicted octanol–water partition coefficient (Wildman–Crippen LogP) is 2.50. The molecular weight excluding hydrogens is 245 g/mol. The van der Waals surface area contributed by atoms with Crippen LogP contribution < -0.4 is 5.32 Å². The van der Waals surface area contributed by atoms with E-state index in [-0.39, 0.29) is 24.8 Å². The molecule has 2 N–H and O–H groups in total. The number of aliphatic hydroxyl groups excluding tert-OH is 1. The first-order chi connectivity index (χ1) is 9.17. The van der Waals surface area contributed by atoms with E-state index in [1.165, 1.54) is 12.1 Å². The molecule has 2 rings (SSSR count). The summed E-state index contributed by atoms with van der Waals surface area (Å²) >= 11 is 0. The first-order valence-electron chi connectivity index (χ1n) is 5.91. The molecule has 0 saturated carbocycles. The van der Waals surface area contributed by atoms with Gasteiger partial charge in [-0.15, -0.1) is 0 Å². The van der Waals surface area contributed by atoms with Crippen molar-refractivity contribution in [2.75, 3.05) is 5.32 Å². The van der Waals surface area contributed by atoms with Crippen molar-refractivity contribution in [3.8, 4) is 0 Å². The number of hydrogen-bond acceptors (Lipinski definition) is 2. The largest absolute Gasteiger partial charge is 0.392 e. The van der Waals surface area contributed by atoms with Crippen LogP contribution in [0, 0.1) is 5.82 Å². The zero-order valence-electron chi connectivity index (χ0n) is 10.3. The summed E-state index contributed by atoms with van der Waals surface area (Å²) in [6, 6.07) is 12.8.